The number of aromatic nitrogens is 3. The van der Waals surface area contributed by atoms with Gasteiger partial charge >= 0.3 is 0 Å². The Bertz CT molecular complexity index is 1150. The molecule has 0 radical (unpaired) electrons. The normalized spacial score (nSPS) is 12.8. The standard InChI is InChI=1S/C30H35N3/c1-8-24-20-23(18-19-31-24)22(5)12-10-13-25-14-11-15-28(32-25)30(6,7)29-17-16-26(21(3)4)27(9-2)33-29/h8-11,13-22H,1-2,12H2,3-7H3/b13-10-. The largest absolute Gasteiger partial charge is 0.257 e. The molecule has 0 aliphatic rings. The van der Waals surface area contributed by atoms with E-state index in [9.17, 15) is 0 Å². The van der Waals surface area contributed by atoms with E-state index in [4.69, 9.17) is 9.97 Å². The van der Waals surface area contributed by atoms with Crippen LogP contribution in [0.15, 0.2) is 67.9 Å². The summed E-state index contributed by atoms with van der Waals surface area (Å²) in [7, 11) is 0. The van der Waals surface area contributed by atoms with Gasteiger partial charge in [-0.3, -0.25) is 15.0 Å². The predicted molar refractivity (Wildman–Crippen MR) is 141 cm³/mol. The first kappa shape index (κ1) is 24.3. The number of nitrogens with zero attached hydrogens (tertiary/aromatic N) is 3. The average Bonchev–Trinajstić information content (AvgIpc) is 2.83. The van der Waals surface area contributed by atoms with Gasteiger partial charge in [0.05, 0.1) is 28.5 Å². The Morgan fingerprint density at radius 3 is 2.36 bits per heavy atom. The Hall–Kier alpha value is -3.33. The summed E-state index contributed by atoms with van der Waals surface area (Å²) in [5.41, 5.74) is 6.99. The molecule has 0 saturated heterocycles. The molecule has 3 nitrogen and oxygen atoms in total. The fourth-order valence-electron chi connectivity index (χ4n) is 3.92. The van der Waals surface area contributed by atoms with Gasteiger partial charge in [-0.1, -0.05) is 52.1 Å². The molecule has 0 N–H and O–H groups in total. The van der Waals surface area contributed by atoms with Crippen molar-refractivity contribution in [3.8, 4) is 0 Å². The molecule has 0 amide bonds. The fraction of sp³-hybridized carbons (Fsp3) is 0.300. The third-order valence-corrected chi connectivity index (χ3v) is 6.19. The Kier molecular flexibility index (Phi) is 7.75. The molecule has 1 atom stereocenters. The molecule has 3 aromatic rings. The van der Waals surface area contributed by atoms with Gasteiger partial charge < -0.3 is 0 Å². The topological polar surface area (TPSA) is 38.7 Å². The zero-order valence-electron chi connectivity index (χ0n) is 20.5. The van der Waals surface area contributed by atoms with Crippen LogP contribution in [-0.2, 0) is 5.41 Å². The van der Waals surface area contributed by atoms with Crippen LogP contribution >= 0.6 is 0 Å². The second-order valence-electron chi connectivity index (χ2n) is 9.36. The summed E-state index contributed by atoms with van der Waals surface area (Å²) in [5.74, 6) is 0.802. The van der Waals surface area contributed by atoms with Crippen LogP contribution in [0.25, 0.3) is 18.2 Å². The minimum absolute atomic E-state index is 0.317. The lowest BCUT2D eigenvalue weighted by Gasteiger charge is -2.25. The first-order valence-corrected chi connectivity index (χ1v) is 11.6. The van der Waals surface area contributed by atoms with Crippen molar-refractivity contribution in [2.75, 3.05) is 0 Å². The van der Waals surface area contributed by atoms with E-state index < -0.39 is 0 Å². The van der Waals surface area contributed by atoms with Gasteiger partial charge in [0, 0.05) is 11.6 Å². The summed E-state index contributed by atoms with van der Waals surface area (Å²) in [5, 5.41) is 0. The van der Waals surface area contributed by atoms with Crippen molar-refractivity contribution in [3.05, 3.63) is 107 Å². The van der Waals surface area contributed by atoms with Gasteiger partial charge in [-0.25, -0.2) is 0 Å². The smallest absolute Gasteiger partial charge is 0.0662 e. The highest BCUT2D eigenvalue weighted by atomic mass is 14.8. The zero-order chi connectivity index (χ0) is 24.0. The summed E-state index contributed by atoms with van der Waals surface area (Å²) in [4.78, 5) is 14.2. The van der Waals surface area contributed by atoms with Crippen molar-refractivity contribution in [2.45, 2.75) is 58.3 Å². The molecule has 3 heterocycles. The van der Waals surface area contributed by atoms with Crippen LogP contribution in [0.1, 0.15) is 92.5 Å². The molecule has 3 aromatic heterocycles. The average molecular weight is 438 g/mol. The molecule has 0 aliphatic heterocycles. The molecule has 0 spiro atoms. The van der Waals surface area contributed by atoms with Gasteiger partial charge in [0.15, 0.2) is 0 Å². The maximum atomic E-state index is 4.95. The first-order valence-electron chi connectivity index (χ1n) is 11.6. The maximum Gasteiger partial charge on any atom is 0.0662 e. The SMILES string of the molecule is C=Cc1cc(C(C)C/C=C\c2cccc(C(C)(C)c3ccc(C(C)C)c(C=C)n3)n2)ccn1. The highest BCUT2D eigenvalue weighted by molar-refractivity contribution is 5.51. The molecule has 33 heavy (non-hydrogen) atoms. The van der Waals surface area contributed by atoms with Crippen molar-refractivity contribution in [3.63, 3.8) is 0 Å². The van der Waals surface area contributed by atoms with Crippen LogP contribution in [-0.4, -0.2) is 15.0 Å². The van der Waals surface area contributed by atoms with Crippen LogP contribution in [0.3, 0.4) is 0 Å². The second kappa shape index (κ2) is 10.5. The molecular weight excluding hydrogens is 402 g/mol. The summed E-state index contributed by atoms with van der Waals surface area (Å²) in [6.07, 6.45) is 10.7. The minimum Gasteiger partial charge on any atom is -0.257 e. The van der Waals surface area contributed by atoms with Crippen molar-refractivity contribution in [1.82, 2.24) is 15.0 Å². The van der Waals surface area contributed by atoms with E-state index in [0.717, 1.165) is 34.9 Å². The monoisotopic (exact) mass is 437 g/mol. The molecule has 0 aliphatic carbocycles. The molecule has 3 rings (SSSR count). The van der Waals surface area contributed by atoms with Gasteiger partial charge in [0.1, 0.15) is 0 Å². The summed E-state index contributed by atoms with van der Waals surface area (Å²) >= 11 is 0. The molecule has 3 heteroatoms. The summed E-state index contributed by atoms with van der Waals surface area (Å²) in [6, 6.07) is 14.7. The van der Waals surface area contributed by atoms with E-state index in [1.807, 2.05) is 18.3 Å². The van der Waals surface area contributed by atoms with E-state index in [2.05, 4.69) is 101 Å². The highest BCUT2D eigenvalue weighted by Gasteiger charge is 2.27. The molecule has 0 fully saturated rings. The van der Waals surface area contributed by atoms with E-state index in [1.54, 1.807) is 6.08 Å². The zero-order valence-corrected chi connectivity index (χ0v) is 20.5. The predicted octanol–water partition coefficient (Wildman–Crippen LogP) is 7.81. The van der Waals surface area contributed by atoms with E-state index in [1.165, 1.54) is 11.1 Å². The quantitative estimate of drug-likeness (QED) is 0.342. The van der Waals surface area contributed by atoms with Crippen LogP contribution in [0, 0.1) is 0 Å². The van der Waals surface area contributed by atoms with Gasteiger partial charge in [0.25, 0.3) is 0 Å². The molecule has 0 aromatic carbocycles. The van der Waals surface area contributed by atoms with Gasteiger partial charge in [-0.2, -0.15) is 0 Å². The molecule has 0 saturated carbocycles. The Balaban J connectivity index is 1.79. The van der Waals surface area contributed by atoms with Crippen LogP contribution in [0.4, 0.5) is 0 Å². The van der Waals surface area contributed by atoms with E-state index in [0.29, 0.717) is 11.8 Å². The van der Waals surface area contributed by atoms with Crippen LogP contribution in [0.5, 0.6) is 0 Å². The molecule has 1 unspecified atom stereocenters. The van der Waals surface area contributed by atoms with Gasteiger partial charge in [-0.05, 0) is 91.8 Å². The van der Waals surface area contributed by atoms with E-state index in [-0.39, 0.29) is 5.41 Å². The van der Waals surface area contributed by atoms with E-state index >= 15 is 0 Å². The van der Waals surface area contributed by atoms with Crippen molar-refractivity contribution >= 4 is 18.2 Å². The number of hydrogen-bond acceptors (Lipinski definition) is 3. The fourth-order valence-corrected chi connectivity index (χ4v) is 3.92. The number of hydrogen-bond donors (Lipinski definition) is 0. The summed E-state index contributed by atoms with van der Waals surface area (Å²) in [6.45, 7) is 18.7. The maximum absolute atomic E-state index is 4.95. The number of rotatable bonds is 9. The third-order valence-electron chi connectivity index (χ3n) is 6.19. The Morgan fingerprint density at radius 1 is 0.909 bits per heavy atom. The van der Waals surface area contributed by atoms with Crippen molar-refractivity contribution in [2.24, 2.45) is 0 Å². The highest BCUT2D eigenvalue weighted by Crippen LogP contribution is 2.31. The molecular formula is C30H35N3. The Labute approximate surface area is 199 Å². The number of allylic oxidation sites excluding steroid dienone is 1. The molecule has 170 valence electrons. The van der Waals surface area contributed by atoms with Crippen LogP contribution < -0.4 is 0 Å². The number of pyridine rings is 3. The molecule has 0 bridgehead atoms. The Morgan fingerprint density at radius 2 is 1.67 bits per heavy atom. The first-order chi connectivity index (χ1) is 15.8. The van der Waals surface area contributed by atoms with Crippen molar-refractivity contribution in [1.29, 1.82) is 0 Å². The van der Waals surface area contributed by atoms with Gasteiger partial charge in [-0.15, -0.1) is 0 Å². The van der Waals surface area contributed by atoms with Gasteiger partial charge in [0.2, 0.25) is 0 Å². The summed E-state index contributed by atoms with van der Waals surface area (Å²) < 4.78 is 0. The second-order valence-corrected chi connectivity index (χ2v) is 9.36. The minimum atomic E-state index is -0.317. The third kappa shape index (κ3) is 5.73. The van der Waals surface area contributed by atoms with Crippen LogP contribution in [0.2, 0.25) is 0 Å². The van der Waals surface area contributed by atoms with Crippen molar-refractivity contribution < 1.29 is 0 Å². The lowest BCUT2D eigenvalue weighted by molar-refractivity contribution is 0.592. The lowest BCUT2D eigenvalue weighted by atomic mass is 9.83. The lowest BCUT2D eigenvalue weighted by Crippen LogP contribution is -2.23.